The number of aliphatic imine (C=N–C) groups is 1. The van der Waals surface area contributed by atoms with Gasteiger partial charge in [-0.15, -0.1) is 0 Å². The van der Waals surface area contributed by atoms with Crippen LogP contribution in [0.3, 0.4) is 0 Å². The molecule has 27 heavy (non-hydrogen) atoms. The van der Waals surface area contributed by atoms with Crippen molar-refractivity contribution in [3.05, 3.63) is 66.2 Å². The predicted octanol–water partition coefficient (Wildman–Crippen LogP) is 3.25. The number of hydrogen-bond acceptors (Lipinski definition) is 3. The largest absolute Gasteiger partial charge is 0.314 e. The Balaban J connectivity index is 1.60. The fraction of sp³-hybridized carbons (Fsp3) is 0.318. The lowest BCUT2D eigenvalue weighted by atomic mass is 10.1. The van der Waals surface area contributed by atoms with Crippen LogP contribution < -0.4 is 4.90 Å². The maximum atomic E-state index is 13.2. The molecule has 2 aliphatic rings. The zero-order valence-electron chi connectivity index (χ0n) is 15.5. The molecule has 2 aromatic carbocycles. The van der Waals surface area contributed by atoms with E-state index >= 15 is 0 Å². The van der Waals surface area contributed by atoms with E-state index in [-0.39, 0.29) is 18.4 Å². The van der Waals surface area contributed by atoms with Crippen molar-refractivity contribution in [3.63, 3.8) is 0 Å². The first-order valence-electron chi connectivity index (χ1n) is 9.40. The van der Waals surface area contributed by atoms with Crippen LogP contribution in [-0.4, -0.2) is 41.7 Å². The number of amides is 2. The monoisotopic (exact) mass is 361 g/mol. The maximum Gasteiger partial charge on any atom is 0.275 e. The molecule has 0 N–H and O–H groups in total. The minimum absolute atomic E-state index is 0.0457. The summed E-state index contributed by atoms with van der Waals surface area (Å²) in [6, 6.07) is 19.0. The van der Waals surface area contributed by atoms with Crippen LogP contribution in [0.25, 0.3) is 0 Å². The van der Waals surface area contributed by atoms with E-state index in [9.17, 15) is 9.59 Å². The Morgan fingerprint density at radius 1 is 1.04 bits per heavy atom. The van der Waals surface area contributed by atoms with Crippen molar-refractivity contribution in [1.29, 1.82) is 0 Å². The van der Waals surface area contributed by atoms with Gasteiger partial charge in [-0.2, -0.15) is 0 Å². The van der Waals surface area contributed by atoms with Gasteiger partial charge in [0.1, 0.15) is 17.9 Å². The van der Waals surface area contributed by atoms with Crippen LogP contribution >= 0.6 is 0 Å². The van der Waals surface area contributed by atoms with Crippen molar-refractivity contribution in [1.82, 2.24) is 4.90 Å². The predicted molar refractivity (Wildman–Crippen MR) is 106 cm³/mol. The number of rotatable bonds is 4. The van der Waals surface area contributed by atoms with Gasteiger partial charge in [-0.3, -0.25) is 14.6 Å². The van der Waals surface area contributed by atoms with Crippen LogP contribution in [0.1, 0.15) is 31.2 Å². The van der Waals surface area contributed by atoms with Crippen molar-refractivity contribution in [2.45, 2.75) is 31.3 Å². The van der Waals surface area contributed by atoms with Gasteiger partial charge in [0.25, 0.3) is 5.91 Å². The lowest BCUT2D eigenvalue weighted by Gasteiger charge is -2.33. The molecule has 5 heteroatoms. The normalized spacial score (nSPS) is 18.0. The van der Waals surface area contributed by atoms with Crippen molar-refractivity contribution in [2.75, 3.05) is 18.5 Å². The van der Waals surface area contributed by atoms with Gasteiger partial charge in [0.15, 0.2) is 0 Å². The highest BCUT2D eigenvalue weighted by Gasteiger charge is 2.49. The third-order valence-electron chi connectivity index (χ3n) is 5.53. The molecule has 1 fully saturated rings. The molecule has 0 radical (unpaired) electrons. The molecule has 1 aliphatic carbocycles. The van der Waals surface area contributed by atoms with E-state index in [4.69, 9.17) is 4.99 Å². The molecule has 1 heterocycles. The van der Waals surface area contributed by atoms with Crippen molar-refractivity contribution in [3.8, 4) is 0 Å². The molecule has 1 spiro atoms. The van der Waals surface area contributed by atoms with Crippen LogP contribution in [0.4, 0.5) is 5.69 Å². The highest BCUT2D eigenvalue weighted by atomic mass is 16.2. The molecule has 0 saturated heterocycles. The molecule has 0 bridgehead atoms. The van der Waals surface area contributed by atoms with Gasteiger partial charge in [0.2, 0.25) is 5.91 Å². The van der Waals surface area contributed by atoms with E-state index in [0.29, 0.717) is 5.71 Å². The van der Waals surface area contributed by atoms with Gasteiger partial charge in [0.05, 0.1) is 0 Å². The molecule has 0 aromatic heterocycles. The fourth-order valence-electron chi connectivity index (χ4n) is 4.00. The van der Waals surface area contributed by atoms with Crippen LogP contribution in [0.15, 0.2) is 65.7 Å². The Hall–Kier alpha value is -2.95. The molecule has 1 saturated carbocycles. The first-order valence-corrected chi connectivity index (χ1v) is 9.40. The van der Waals surface area contributed by atoms with E-state index in [1.54, 1.807) is 16.8 Å². The third-order valence-corrected chi connectivity index (χ3v) is 5.53. The second kappa shape index (κ2) is 6.99. The minimum Gasteiger partial charge on any atom is -0.314 e. The number of hydrogen-bond donors (Lipinski definition) is 0. The van der Waals surface area contributed by atoms with Crippen LogP contribution in [0.2, 0.25) is 0 Å². The first-order chi connectivity index (χ1) is 13.1. The standard InChI is InChI=1S/C22H23N3O2/c1-24(18-12-6-3-7-13-18)19(26)16-25-21(27)20(17-10-4-2-5-11-17)23-22(25)14-8-9-15-22/h2-7,10-13H,8-9,14-16H2,1H3. The van der Waals surface area contributed by atoms with Gasteiger partial charge >= 0.3 is 0 Å². The highest BCUT2D eigenvalue weighted by molar-refractivity contribution is 6.47. The van der Waals surface area contributed by atoms with E-state index < -0.39 is 5.66 Å². The Kier molecular flexibility index (Phi) is 4.52. The van der Waals surface area contributed by atoms with Crippen molar-refractivity contribution >= 4 is 23.2 Å². The number of likely N-dealkylation sites (N-methyl/N-ethyl adjacent to an activating group) is 1. The topological polar surface area (TPSA) is 53.0 Å². The zero-order chi connectivity index (χ0) is 18.9. The SMILES string of the molecule is CN(C(=O)CN1C(=O)C(c2ccccc2)=NC12CCCC2)c1ccccc1. The summed E-state index contributed by atoms with van der Waals surface area (Å²) in [6.45, 7) is 0.0457. The number of carbonyl (C=O) groups excluding carboxylic acids is 2. The zero-order valence-corrected chi connectivity index (χ0v) is 15.5. The van der Waals surface area contributed by atoms with Crippen molar-refractivity contribution in [2.24, 2.45) is 4.99 Å². The molecule has 2 amide bonds. The fourth-order valence-corrected chi connectivity index (χ4v) is 4.00. The van der Waals surface area contributed by atoms with E-state index in [1.165, 1.54) is 0 Å². The molecule has 0 atom stereocenters. The van der Waals surface area contributed by atoms with Crippen LogP contribution in [-0.2, 0) is 9.59 Å². The molecular formula is C22H23N3O2. The molecule has 2 aromatic rings. The minimum atomic E-state index is -0.560. The average molecular weight is 361 g/mol. The molecule has 0 unspecified atom stereocenters. The number of nitrogens with zero attached hydrogens (tertiary/aromatic N) is 3. The average Bonchev–Trinajstić information content (AvgIpc) is 3.29. The first kappa shape index (κ1) is 17.5. The maximum absolute atomic E-state index is 13.2. The second-order valence-corrected chi connectivity index (χ2v) is 7.20. The molecular weight excluding hydrogens is 338 g/mol. The number of para-hydroxylation sites is 1. The van der Waals surface area contributed by atoms with Crippen LogP contribution in [0, 0.1) is 0 Å². The Bertz CT molecular complexity index is 871. The van der Waals surface area contributed by atoms with Gasteiger partial charge in [-0.25, -0.2) is 0 Å². The summed E-state index contributed by atoms with van der Waals surface area (Å²) >= 11 is 0. The number of carbonyl (C=O) groups is 2. The molecule has 4 rings (SSSR count). The quantitative estimate of drug-likeness (QED) is 0.839. The van der Waals surface area contributed by atoms with E-state index in [0.717, 1.165) is 36.9 Å². The summed E-state index contributed by atoms with van der Waals surface area (Å²) in [6.07, 6.45) is 3.69. The van der Waals surface area contributed by atoms with Crippen molar-refractivity contribution < 1.29 is 9.59 Å². The summed E-state index contributed by atoms with van der Waals surface area (Å²) in [5.41, 5.74) is 1.56. The summed E-state index contributed by atoms with van der Waals surface area (Å²) in [5, 5.41) is 0. The summed E-state index contributed by atoms with van der Waals surface area (Å²) in [5.74, 6) is -0.247. The van der Waals surface area contributed by atoms with E-state index in [1.807, 2.05) is 60.7 Å². The van der Waals surface area contributed by atoms with Crippen LogP contribution in [0.5, 0.6) is 0 Å². The summed E-state index contributed by atoms with van der Waals surface area (Å²) < 4.78 is 0. The number of benzene rings is 2. The van der Waals surface area contributed by atoms with E-state index in [2.05, 4.69) is 0 Å². The second-order valence-electron chi connectivity index (χ2n) is 7.20. The Labute approximate surface area is 159 Å². The molecule has 1 aliphatic heterocycles. The lowest BCUT2D eigenvalue weighted by molar-refractivity contribution is -0.133. The molecule has 138 valence electrons. The molecule has 5 nitrogen and oxygen atoms in total. The van der Waals surface area contributed by atoms with Gasteiger partial charge in [0, 0.05) is 18.3 Å². The number of anilines is 1. The van der Waals surface area contributed by atoms with Gasteiger partial charge in [-0.05, 0) is 37.8 Å². The summed E-state index contributed by atoms with van der Waals surface area (Å²) in [4.78, 5) is 34.3. The summed E-state index contributed by atoms with van der Waals surface area (Å²) in [7, 11) is 1.75. The van der Waals surface area contributed by atoms with Gasteiger partial charge in [-0.1, -0.05) is 48.5 Å². The highest BCUT2D eigenvalue weighted by Crippen LogP contribution is 2.41. The third kappa shape index (κ3) is 3.14. The smallest absolute Gasteiger partial charge is 0.275 e. The Morgan fingerprint density at radius 3 is 2.26 bits per heavy atom. The lowest BCUT2D eigenvalue weighted by Crippen LogP contribution is -2.50. The van der Waals surface area contributed by atoms with Gasteiger partial charge < -0.3 is 9.80 Å². The Morgan fingerprint density at radius 2 is 1.63 bits per heavy atom.